The fourth-order valence-electron chi connectivity index (χ4n) is 0.761. The van der Waals surface area contributed by atoms with Crippen LogP contribution < -0.4 is 4.74 Å². The second kappa shape index (κ2) is 6.94. The number of hydrogen-bond donors (Lipinski definition) is 2. The summed E-state index contributed by atoms with van der Waals surface area (Å²) in [6, 6.07) is 0. The predicted octanol–water partition coefficient (Wildman–Crippen LogP) is -0.283. The van der Waals surface area contributed by atoms with Gasteiger partial charge in [-0.2, -0.15) is 0 Å². The summed E-state index contributed by atoms with van der Waals surface area (Å²) in [4.78, 5) is 11.4. The van der Waals surface area contributed by atoms with E-state index in [-0.39, 0.29) is 18.1 Å². The monoisotopic (exact) mass is 260 g/mol. The molecule has 2 N–H and O–H groups in total. The van der Waals surface area contributed by atoms with Gasteiger partial charge >= 0.3 is 5.97 Å². The highest BCUT2D eigenvalue weighted by Gasteiger charge is 2.10. The van der Waals surface area contributed by atoms with Crippen molar-refractivity contribution in [1.29, 1.82) is 0 Å². The first-order valence-corrected chi connectivity index (χ1v) is 5.53. The molecule has 1 rings (SSSR count). The number of nitrogens with zero attached hydrogens (tertiary/aromatic N) is 2. The topological polar surface area (TPSA) is 102 Å². The number of rotatable bonds is 6. The third-order valence-corrected chi connectivity index (χ3v) is 2.10. The Morgan fingerprint density at radius 2 is 2.47 bits per heavy atom. The van der Waals surface area contributed by atoms with E-state index < -0.39 is 18.7 Å². The van der Waals surface area contributed by atoms with Crippen LogP contribution in [0.1, 0.15) is 6.92 Å². The van der Waals surface area contributed by atoms with Crippen LogP contribution in [0.4, 0.5) is 0 Å². The lowest BCUT2D eigenvalue weighted by Gasteiger charge is -2.06. The van der Waals surface area contributed by atoms with Crippen LogP contribution in [0.25, 0.3) is 0 Å². The van der Waals surface area contributed by atoms with Crippen molar-refractivity contribution in [2.24, 2.45) is 0 Å². The van der Waals surface area contributed by atoms with Crippen LogP contribution in [0.15, 0.2) is 17.2 Å². The SMILES string of the molecule is CC(=COCC(O)CO)C(=O)Oc1csnn1. The van der Waals surface area contributed by atoms with Gasteiger partial charge in [0, 0.05) is 0 Å². The molecule has 0 bridgehead atoms. The van der Waals surface area contributed by atoms with Crippen molar-refractivity contribution >= 4 is 17.5 Å². The standard InChI is InChI=1S/C9H12N2O5S/c1-6(3-15-4-7(13)2-12)9(14)16-8-5-17-11-10-8/h3,5,7,12-13H,2,4H2,1H3. The van der Waals surface area contributed by atoms with Crippen LogP contribution in [0, 0.1) is 0 Å². The van der Waals surface area contributed by atoms with Crippen LogP contribution in [-0.4, -0.2) is 45.1 Å². The molecule has 0 saturated carbocycles. The number of carbonyl (C=O) groups is 1. The normalized spacial score (nSPS) is 13.2. The van der Waals surface area contributed by atoms with E-state index >= 15 is 0 Å². The minimum absolute atomic E-state index is 0.0978. The first kappa shape index (κ1) is 13.6. The number of aliphatic hydroxyl groups is 2. The second-order valence-corrected chi connectivity index (χ2v) is 3.71. The number of esters is 1. The molecule has 0 saturated heterocycles. The number of carbonyl (C=O) groups excluding carboxylic acids is 1. The van der Waals surface area contributed by atoms with E-state index in [4.69, 9.17) is 19.7 Å². The van der Waals surface area contributed by atoms with Gasteiger partial charge in [-0.1, -0.05) is 9.59 Å². The van der Waals surface area contributed by atoms with Crippen molar-refractivity contribution in [2.75, 3.05) is 13.2 Å². The van der Waals surface area contributed by atoms with Gasteiger partial charge in [0.25, 0.3) is 5.88 Å². The van der Waals surface area contributed by atoms with Crippen molar-refractivity contribution in [2.45, 2.75) is 13.0 Å². The Bertz CT molecular complexity index is 379. The molecule has 0 amide bonds. The first-order chi connectivity index (χ1) is 8.13. The summed E-state index contributed by atoms with van der Waals surface area (Å²) in [5, 5.41) is 22.5. The van der Waals surface area contributed by atoms with Crippen LogP contribution in [0.2, 0.25) is 0 Å². The molecule has 0 radical (unpaired) electrons. The van der Waals surface area contributed by atoms with Gasteiger partial charge in [-0.25, -0.2) is 4.79 Å². The molecule has 1 heterocycles. The molecule has 0 spiro atoms. The van der Waals surface area contributed by atoms with E-state index in [0.29, 0.717) is 0 Å². The number of aromatic nitrogens is 2. The Balaban J connectivity index is 2.38. The number of aliphatic hydroxyl groups excluding tert-OH is 2. The molecule has 0 fully saturated rings. The van der Waals surface area contributed by atoms with Crippen molar-refractivity contribution in [3.8, 4) is 5.88 Å². The molecule has 17 heavy (non-hydrogen) atoms. The fourth-order valence-corrected chi connectivity index (χ4v) is 1.12. The lowest BCUT2D eigenvalue weighted by Crippen LogP contribution is -2.18. The Kier molecular flexibility index (Phi) is 5.53. The highest BCUT2D eigenvalue weighted by molar-refractivity contribution is 7.03. The smallest absolute Gasteiger partial charge is 0.343 e. The summed E-state index contributed by atoms with van der Waals surface area (Å²) >= 11 is 1.07. The molecule has 0 aromatic carbocycles. The molecule has 8 heteroatoms. The van der Waals surface area contributed by atoms with E-state index in [2.05, 4.69) is 9.59 Å². The van der Waals surface area contributed by atoms with Crippen molar-refractivity contribution in [3.63, 3.8) is 0 Å². The Morgan fingerprint density at radius 3 is 3.06 bits per heavy atom. The first-order valence-electron chi connectivity index (χ1n) is 4.70. The third-order valence-electron chi connectivity index (χ3n) is 1.62. The molecule has 7 nitrogen and oxygen atoms in total. The summed E-state index contributed by atoms with van der Waals surface area (Å²) in [5.74, 6) is -0.487. The summed E-state index contributed by atoms with van der Waals surface area (Å²) in [5.41, 5.74) is 0.211. The van der Waals surface area contributed by atoms with Gasteiger partial charge in [0.1, 0.15) is 12.7 Å². The minimum atomic E-state index is -0.974. The zero-order chi connectivity index (χ0) is 12.7. The largest absolute Gasteiger partial charge is 0.498 e. The molecule has 94 valence electrons. The predicted molar refractivity (Wildman–Crippen MR) is 58.3 cm³/mol. The maximum atomic E-state index is 11.4. The number of hydrogen-bond acceptors (Lipinski definition) is 8. The molecule has 0 aliphatic heterocycles. The van der Waals surface area contributed by atoms with Crippen LogP contribution in [0.3, 0.4) is 0 Å². The van der Waals surface area contributed by atoms with Gasteiger partial charge in [0.05, 0.1) is 23.8 Å². The van der Waals surface area contributed by atoms with E-state index in [9.17, 15) is 4.79 Å². The molecule has 1 unspecified atom stereocenters. The lowest BCUT2D eigenvalue weighted by atomic mass is 10.3. The minimum Gasteiger partial charge on any atom is -0.498 e. The van der Waals surface area contributed by atoms with E-state index in [1.165, 1.54) is 12.3 Å². The zero-order valence-corrected chi connectivity index (χ0v) is 9.88. The van der Waals surface area contributed by atoms with Gasteiger partial charge in [0.15, 0.2) is 0 Å². The fraction of sp³-hybridized carbons (Fsp3) is 0.444. The van der Waals surface area contributed by atoms with Gasteiger partial charge in [-0.05, 0) is 18.5 Å². The summed E-state index contributed by atoms with van der Waals surface area (Å²) in [6.07, 6.45) is 0.180. The highest BCUT2D eigenvalue weighted by atomic mass is 32.1. The van der Waals surface area contributed by atoms with E-state index in [1.54, 1.807) is 0 Å². The van der Waals surface area contributed by atoms with Crippen LogP contribution in [0.5, 0.6) is 5.88 Å². The summed E-state index contributed by atoms with van der Waals surface area (Å²) in [6.45, 7) is 0.995. The Hall–Kier alpha value is -1.51. The van der Waals surface area contributed by atoms with E-state index in [0.717, 1.165) is 17.8 Å². The van der Waals surface area contributed by atoms with E-state index in [1.807, 2.05) is 0 Å². The molecular formula is C9H12N2O5S. The van der Waals surface area contributed by atoms with Gasteiger partial charge in [0.2, 0.25) is 0 Å². The third kappa shape index (κ3) is 4.89. The molecule has 1 aromatic heterocycles. The lowest BCUT2D eigenvalue weighted by molar-refractivity contribution is -0.130. The molecule has 0 aliphatic carbocycles. The van der Waals surface area contributed by atoms with Crippen molar-refractivity contribution < 1.29 is 24.5 Å². The summed E-state index contributed by atoms with van der Waals surface area (Å²) < 4.78 is 13.3. The Morgan fingerprint density at radius 1 is 1.71 bits per heavy atom. The molecular weight excluding hydrogens is 248 g/mol. The zero-order valence-electron chi connectivity index (χ0n) is 9.07. The number of ether oxygens (including phenoxy) is 2. The van der Waals surface area contributed by atoms with Gasteiger partial charge in [-0.3, -0.25) is 0 Å². The second-order valence-electron chi connectivity index (χ2n) is 3.10. The highest BCUT2D eigenvalue weighted by Crippen LogP contribution is 2.09. The average molecular weight is 260 g/mol. The van der Waals surface area contributed by atoms with Gasteiger partial charge in [-0.15, -0.1) is 0 Å². The molecule has 1 aromatic rings. The van der Waals surface area contributed by atoms with Crippen LogP contribution in [-0.2, 0) is 9.53 Å². The maximum Gasteiger partial charge on any atom is 0.343 e. The average Bonchev–Trinajstić information content (AvgIpc) is 2.81. The molecule has 1 atom stereocenters. The van der Waals surface area contributed by atoms with Gasteiger partial charge < -0.3 is 19.7 Å². The van der Waals surface area contributed by atoms with Crippen molar-refractivity contribution in [1.82, 2.24) is 9.59 Å². The maximum absolute atomic E-state index is 11.4. The Labute approximate surface area is 101 Å². The van der Waals surface area contributed by atoms with Crippen LogP contribution >= 0.6 is 11.5 Å². The molecule has 0 aliphatic rings. The quantitative estimate of drug-likeness (QED) is 0.412. The summed E-state index contributed by atoms with van der Waals surface area (Å²) in [7, 11) is 0. The van der Waals surface area contributed by atoms with Crippen molar-refractivity contribution in [3.05, 3.63) is 17.2 Å².